The molecule has 1 aliphatic rings. The lowest BCUT2D eigenvalue weighted by Gasteiger charge is -2.23. The Morgan fingerprint density at radius 2 is 1.88 bits per heavy atom. The van der Waals surface area contributed by atoms with E-state index in [9.17, 15) is 32.8 Å². The van der Waals surface area contributed by atoms with Gasteiger partial charge in [-0.3, -0.25) is 14.9 Å². The highest BCUT2D eigenvalue weighted by Crippen LogP contribution is 2.26. The van der Waals surface area contributed by atoms with Crippen molar-refractivity contribution >= 4 is 40.3 Å². The van der Waals surface area contributed by atoms with Crippen molar-refractivity contribution in [3.05, 3.63) is 59.8 Å². The van der Waals surface area contributed by atoms with Gasteiger partial charge in [-0.25, -0.2) is 9.59 Å². The van der Waals surface area contributed by atoms with Crippen LogP contribution in [0.5, 0.6) is 5.75 Å². The number of amides is 2. The summed E-state index contributed by atoms with van der Waals surface area (Å²) in [6, 6.07) is 12.6. The summed E-state index contributed by atoms with van der Waals surface area (Å²) in [5.74, 6) is -2.72. The maximum atomic E-state index is 12.8. The van der Waals surface area contributed by atoms with Gasteiger partial charge in [-0.2, -0.15) is 18.4 Å². The number of H-pyrrole nitrogens is 1. The largest absolute Gasteiger partial charge is 0.490 e. The molecule has 2 heterocycles. The van der Waals surface area contributed by atoms with Crippen LogP contribution in [0.25, 0.3) is 10.9 Å². The molecule has 0 radical (unpaired) electrons. The number of nitrogens with zero attached hydrogens (tertiary/aromatic N) is 2. The third kappa shape index (κ3) is 8.05. The molecule has 1 aliphatic heterocycles. The van der Waals surface area contributed by atoms with Gasteiger partial charge in [0.05, 0.1) is 12.1 Å². The molecule has 0 spiro atoms. The summed E-state index contributed by atoms with van der Waals surface area (Å²) < 4.78 is 37.2. The van der Waals surface area contributed by atoms with Crippen LogP contribution in [0.4, 0.5) is 23.7 Å². The normalized spacial score (nSPS) is 15.3. The highest BCUT2D eigenvalue weighted by Gasteiger charge is 2.38. The minimum atomic E-state index is -5.08. The van der Waals surface area contributed by atoms with Crippen LogP contribution >= 0.6 is 0 Å². The van der Waals surface area contributed by atoms with Crippen molar-refractivity contribution in [2.45, 2.75) is 44.4 Å². The number of ketones is 1. The highest BCUT2D eigenvalue weighted by molar-refractivity contribution is 5.95. The standard InChI is InChI=1S/C25H25N5O4.C2HF3O2/c1-15(31)16-4-6-18(7-5-16)29-25(33)34-20-8-9-23-21(12-20)17(14-28-23)11-22(27)24(32)30-10-2-3-19(30)13-26;3-2(4,5)1(6)7/h4-9,12,14,19,22,28H,2-3,10-11,27H2,1H3,(H,29,33);(H,6,7)/t19-,22-;/m0./s1. The first-order valence-electron chi connectivity index (χ1n) is 12.3. The Morgan fingerprint density at radius 1 is 1.22 bits per heavy atom. The SMILES string of the molecule is CC(=O)c1ccc(NC(=O)Oc2ccc3[nH]cc(C[C@H](N)C(=O)N4CCC[C@H]4C#N)c3c2)cc1.O=C(O)C(F)(F)F. The summed E-state index contributed by atoms with van der Waals surface area (Å²) in [6.45, 7) is 2.02. The maximum absolute atomic E-state index is 12.8. The molecule has 2 amide bonds. The molecule has 14 heteroatoms. The molecule has 1 saturated heterocycles. The van der Waals surface area contributed by atoms with Crippen molar-refractivity contribution in [1.82, 2.24) is 9.88 Å². The number of ether oxygens (including phenoxy) is 1. The number of nitrogens with two attached hydrogens (primary N) is 1. The van der Waals surface area contributed by atoms with Gasteiger partial charge in [-0.15, -0.1) is 0 Å². The Hall–Kier alpha value is -4.90. The molecule has 0 aliphatic carbocycles. The number of Topliss-reactive ketones (excluding diaryl/α,β-unsaturated/α-hetero) is 1. The summed E-state index contributed by atoms with van der Waals surface area (Å²) in [6.07, 6.45) is -2.22. The van der Waals surface area contributed by atoms with Crippen LogP contribution < -0.4 is 15.8 Å². The van der Waals surface area contributed by atoms with Crippen LogP contribution in [0, 0.1) is 11.3 Å². The molecule has 11 nitrogen and oxygen atoms in total. The van der Waals surface area contributed by atoms with Gasteiger partial charge in [0.15, 0.2) is 5.78 Å². The molecule has 1 aromatic heterocycles. The number of hydrogen-bond acceptors (Lipinski definition) is 7. The number of aliphatic carboxylic acids is 1. The number of fused-ring (bicyclic) bond motifs is 1. The number of benzene rings is 2. The Morgan fingerprint density at radius 3 is 2.46 bits per heavy atom. The molecular weight excluding hydrogens is 547 g/mol. The van der Waals surface area contributed by atoms with Crippen molar-refractivity contribution in [3.8, 4) is 11.8 Å². The number of hydrogen-bond donors (Lipinski definition) is 4. The monoisotopic (exact) mass is 573 g/mol. The number of rotatable bonds is 6. The molecular formula is C27H26F3N5O6. The summed E-state index contributed by atoms with van der Waals surface area (Å²) in [5, 5.41) is 19.8. The van der Waals surface area contributed by atoms with Crippen molar-refractivity contribution in [1.29, 1.82) is 5.26 Å². The number of likely N-dealkylation sites (tertiary alicyclic amines) is 1. The summed E-state index contributed by atoms with van der Waals surface area (Å²) in [4.78, 5) is 50.1. The molecule has 5 N–H and O–H groups in total. The highest BCUT2D eigenvalue weighted by atomic mass is 19.4. The zero-order valence-corrected chi connectivity index (χ0v) is 21.7. The lowest BCUT2D eigenvalue weighted by molar-refractivity contribution is -0.192. The van der Waals surface area contributed by atoms with Gasteiger partial charge in [0.1, 0.15) is 11.8 Å². The fraction of sp³-hybridized carbons (Fsp3) is 0.296. The van der Waals surface area contributed by atoms with E-state index >= 15 is 0 Å². The van der Waals surface area contributed by atoms with E-state index < -0.39 is 30.3 Å². The molecule has 41 heavy (non-hydrogen) atoms. The molecule has 0 unspecified atom stereocenters. The quantitative estimate of drug-likeness (QED) is 0.320. The molecule has 3 aromatic rings. The third-order valence-corrected chi connectivity index (χ3v) is 6.17. The van der Waals surface area contributed by atoms with Gasteiger partial charge < -0.3 is 25.5 Å². The Labute approximate surface area is 231 Å². The smallest absolute Gasteiger partial charge is 0.475 e. The van der Waals surface area contributed by atoms with Crippen LogP contribution in [0.15, 0.2) is 48.7 Å². The molecule has 216 valence electrons. The average Bonchev–Trinajstić information content (AvgIpc) is 3.55. The topological polar surface area (TPSA) is 179 Å². The first kappa shape index (κ1) is 30.6. The number of carboxylic acids is 1. The van der Waals surface area contributed by atoms with E-state index in [2.05, 4.69) is 16.4 Å². The van der Waals surface area contributed by atoms with Gasteiger partial charge in [0, 0.05) is 34.9 Å². The van der Waals surface area contributed by atoms with E-state index in [0.717, 1.165) is 22.9 Å². The average molecular weight is 574 g/mol. The number of halogens is 3. The molecule has 4 rings (SSSR count). The Kier molecular flexibility index (Phi) is 9.69. The van der Waals surface area contributed by atoms with Crippen LogP contribution in [0.1, 0.15) is 35.7 Å². The minimum absolute atomic E-state index is 0.0588. The van der Waals surface area contributed by atoms with E-state index in [0.29, 0.717) is 30.0 Å². The van der Waals surface area contributed by atoms with Gasteiger partial charge >= 0.3 is 18.2 Å². The minimum Gasteiger partial charge on any atom is -0.475 e. The first-order chi connectivity index (χ1) is 19.3. The van der Waals surface area contributed by atoms with Crippen molar-refractivity contribution in [3.63, 3.8) is 0 Å². The van der Waals surface area contributed by atoms with E-state index in [1.807, 2.05) is 0 Å². The molecule has 1 fully saturated rings. The van der Waals surface area contributed by atoms with E-state index in [1.54, 1.807) is 53.6 Å². The maximum Gasteiger partial charge on any atom is 0.490 e. The second-order valence-corrected chi connectivity index (χ2v) is 9.10. The van der Waals surface area contributed by atoms with Crippen LogP contribution in [-0.2, 0) is 16.0 Å². The lowest BCUT2D eigenvalue weighted by atomic mass is 10.0. The molecule has 2 atom stereocenters. The predicted octanol–water partition coefficient (Wildman–Crippen LogP) is 4.00. The Bertz CT molecular complexity index is 1480. The van der Waals surface area contributed by atoms with Gasteiger partial charge in [0.2, 0.25) is 5.91 Å². The number of aromatic amines is 1. The van der Waals surface area contributed by atoms with E-state index in [1.165, 1.54) is 6.92 Å². The summed E-state index contributed by atoms with van der Waals surface area (Å²) in [7, 11) is 0. The van der Waals surface area contributed by atoms with Crippen LogP contribution in [0.3, 0.4) is 0 Å². The van der Waals surface area contributed by atoms with Gasteiger partial charge in [-0.1, -0.05) is 0 Å². The van der Waals surface area contributed by atoms with Crippen LogP contribution in [-0.4, -0.2) is 63.5 Å². The zero-order chi connectivity index (χ0) is 30.3. The van der Waals surface area contributed by atoms with Gasteiger partial charge in [-0.05, 0) is 74.2 Å². The van der Waals surface area contributed by atoms with Crippen LogP contribution in [0.2, 0.25) is 0 Å². The number of nitrogens with one attached hydrogen (secondary N) is 2. The van der Waals surface area contributed by atoms with Crippen molar-refractivity contribution in [2.75, 3.05) is 11.9 Å². The fourth-order valence-corrected chi connectivity index (χ4v) is 4.13. The molecule has 0 bridgehead atoms. The number of carbonyl (C=O) groups is 4. The number of carbonyl (C=O) groups excluding carboxylic acids is 3. The summed E-state index contributed by atoms with van der Waals surface area (Å²) >= 11 is 0. The zero-order valence-electron chi connectivity index (χ0n) is 21.7. The van der Waals surface area contributed by atoms with E-state index in [-0.39, 0.29) is 18.1 Å². The van der Waals surface area contributed by atoms with Gasteiger partial charge in [0.25, 0.3) is 0 Å². The third-order valence-electron chi connectivity index (χ3n) is 6.17. The number of aromatic nitrogens is 1. The van der Waals surface area contributed by atoms with Crippen molar-refractivity contribution in [2.24, 2.45) is 5.73 Å². The number of anilines is 1. The Balaban J connectivity index is 0.000000587. The first-order valence-corrected chi connectivity index (χ1v) is 12.3. The second kappa shape index (κ2) is 13.0. The number of alkyl halides is 3. The predicted molar refractivity (Wildman–Crippen MR) is 140 cm³/mol. The second-order valence-electron chi connectivity index (χ2n) is 9.10. The van der Waals surface area contributed by atoms with Crippen molar-refractivity contribution < 1.29 is 42.2 Å². The number of carboxylic acid groups (broad SMARTS) is 1. The fourth-order valence-electron chi connectivity index (χ4n) is 4.13. The molecule has 2 aromatic carbocycles. The summed E-state index contributed by atoms with van der Waals surface area (Å²) in [5.41, 5.74) is 8.88. The molecule has 0 saturated carbocycles. The van der Waals surface area contributed by atoms with E-state index in [4.69, 9.17) is 20.4 Å². The lowest BCUT2D eigenvalue weighted by Crippen LogP contribution is -2.46. The number of nitriles is 1.